The number of hydrogen-bond donors (Lipinski definition) is 0. The minimum atomic E-state index is -4.82. The second kappa shape index (κ2) is 6.24. The fourth-order valence-electron chi connectivity index (χ4n) is 1.94. The third kappa shape index (κ3) is 3.80. The van der Waals surface area contributed by atoms with Gasteiger partial charge in [-0.3, -0.25) is 9.59 Å². The Kier molecular flexibility index (Phi) is 5.09. The first-order chi connectivity index (χ1) is 9.59. The first-order valence-electron chi connectivity index (χ1n) is 6.08. The molecule has 1 aromatic carbocycles. The molecule has 0 aromatic heterocycles. The lowest BCUT2D eigenvalue weighted by atomic mass is 9.86. The first kappa shape index (κ1) is 17.1. The lowest BCUT2D eigenvalue weighted by molar-refractivity contribution is -0.145. The summed E-state index contributed by atoms with van der Waals surface area (Å²) in [5, 5.41) is 0. The van der Waals surface area contributed by atoms with Crippen molar-refractivity contribution in [2.75, 3.05) is 7.11 Å². The third-order valence-corrected chi connectivity index (χ3v) is 2.96. The van der Waals surface area contributed by atoms with Crippen molar-refractivity contribution in [1.82, 2.24) is 0 Å². The SMILES string of the molecule is COC(=O)C(C(=O)c1cc(F)ccc1C(F)(F)F)C(C)C. The number of ketones is 1. The summed E-state index contributed by atoms with van der Waals surface area (Å²) in [6, 6.07) is 1.59. The van der Waals surface area contributed by atoms with Crippen LogP contribution in [0.15, 0.2) is 18.2 Å². The van der Waals surface area contributed by atoms with Gasteiger partial charge in [-0.1, -0.05) is 13.8 Å². The van der Waals surface area contributed by atoms with Crippen LogP contribution in [0.2, 0.25) is 0 Å². The monoisotopic (exact) mass is 306 g/mol. The topological polar surface area (TPSA) is 43.4 Å². The van der Waals surface area contributed by atoms with E-state index in [0.717, 1.165) is 7.11 Å². The number of rotatable bonds is 4. The average molecular weight is 306 g/mol. The van der Waals surface area contributed by atoms with E-state index in [2.05, 4.69) is 4.74 Å². The molecule has 0 aliphatic heterocycles. The number of halogens is 4. The van der Waals surface area contributed by atoms with Crippen LogP contribution in [0, 0.1) is 17.7 Å². The van der Waals surface area contributed by atoms with Gasteiger partial charge in [-0.05, 0) is 24.1 Å². The molecule has 0 spiro atoms. The van der Waals surface area contributed by atoms with Gasteiger partial charge in [0.15, 0.2) is 5.78 Å². The summed E-state index contributed by atoms with van der Waals surface area (Å²) in [6.45, 7) is 2.98. The molecule has 0 radical (unpaired) electrons. The van der Waals surface area contributed by atoms with Gasteiger partial charge >= 0.3 is 12.1 Å². The van der Waals surface area contributed by atoms with E-state index in [1.54, 1.807) is 0 Å². The highest BCUT2D eigenvalue weighted by Gasteiger charge is 2.39. The predicted molar refractivity (Wildman–Crippen MR) is 66.1 cm³/mol. The van der Waals surface area contributed by atoms with Gasteiger partial charge in [0.2, 0.25) is 0 Å². The highest BCUT2D eigenvalue weighted by Crippen LogP contribution is 2.34. The molecule has 7 heteroatoms. The first-order valence-corrected chi connectivity index (χ1v) is 6.08. The van der Waals surface area contributed by atoms with Crippen molar-refractivity contribution in [3.05, 3.63) is 35.1 Å². The Bertz CT molecular complexity index is 550. The van der Waals surface area contributed by atoms with Crippen molar-refractivity contribution in [1.29, 1.82) is 0 Å². The van der Waals surface area contributed by atoms with Crippen LogP contribution in [-0.4, -0.2) is 18.9 Å². The third-order valence-electron chi connectivity index (χ3n) is 2.96. The summed E-state index contributed by atoms with van der Waals surface area (Å²) < 4.78 is 56.3. The molecule has 116 valence electrons. The quantitative estimate of drug-likeness (QED) is 0.370. The smallest absolute Gasteiger partial charge is 0.417 e. The standard InChI is InChI=1S/C14H14F4O3/c1-7(2)11(13(20)21-3)12(19)9-6-8(15)4-5-10(9)14(16,17)18/h4-7,11H,1-3H3. The fraction of sp³-hybridized carbons (Fsp3) is 0.429. The Labute approximate surface area is 118 Å². The van der Waals surface area contributed by atoms with Crippen molar-refractivity contribution in [3.8, 4) is 0 Å². The molecule has 0 saturated heterocycles. The van der Waals surface area contributed by atoms with Gasteiger partial charge in [0.05, 0.1) is 12.7 Å². The summed E-state index contributed by atoms with van der Waals surface area (Å²) in [5.41, 5.74) is -2.14. The Balaban J connectivity index is 3.40. The van der Waals surface area contributed by atoms with Crippen molar-refractivity contribution < 1.29 is 31.9 Å². The predicted octanol–water partition coefficient (Wildman–Crippen LogP) is 3.47. The number of ether oxygens (including phenoxy) is 1. The van der Waals surface area contributed by atoms with Gasteiger partial charge in [0.1, 0.15) is 11.7 Å². The molecule has 0 aliphatic rings. The van der Waals surface area contributed by atoms with Crippen LogP contribution in [0.5, 0.6) is 0 Å². The Morgan fingerprint density at radius 3 is 2.19 bits per heavy atom. The number of Topliss-reactive ketones (excluding diaryl/α,β-unsaturated/α-hetero) is 1. The summed E-state index contributed by atoms with van der Waals surface area (Å²) in [5.74, 6) is -5.05. The lowest BCUT2D eigenvalue weighted by Gasteiger charge is -2.19. The summed E-state index contributed by atoms with van der Waals surface area (Å²) in [6.07, 6.45) is -4.82. The van der Waals surface area contributed by atoms with E-state index in [-0.39, 0.29) is 0 Å². The van der Waals surface area contributed by atoms with Gasteiger partial charge in [-0.2, -0.15) is 13.2 Å². The molecule has 21 heavy (non-hydrogen) atoms. The molecule has 0 saturated carbocycles. The van der Waals surface area contributed by atoms with Crippen molar-refractivity contribution in [3.63, 3.8) is 0 Å². The second-order valence-corrected chi connectivity index (χ2v) is 4.80. The Hall–Kier alpha value is -1.92. The van der Waals surface area contributed by atoms with E-state index in [0.29, 0.717) is 18.2 Å². The Morgan fingerprint density at radius 1 is 1.19 bits per heavy atom. The van der Waals surface area contributed by atoms with Gasteiger partial charge in [-0.25, -0.2) is 4.39 Å². The molecular formula is C14H14F4O3. The van der Waals surface area contributed by atoms with E-state index in [1.165, 1.54) is 13.8 Å². The van der Waals surface area contributed by atoms with E-state index < -0.39 is 46.7 Å². The van der Waals surface area contributed by atoms with Crippen molar-refractivity contribution in [2.24, 2.45) is 11.8 Å². The highest BCUT2D eigenvalue weighted by atomic mass is 19.4. The van der Waals surface area contributed by atoms with E-state index in [1.807, 2.05) is 0 Å². The van der Waals surface area contributed by atoms with Crippen molar-refractivity contribution >= 4 is 11.8 Å². The molecule has 0 amide bonds. The zero-order valence-corrected chi connectivity index (χ0v) is 11.6. The molecule has 0 bridgehead atoms. The number of methoxy groups -OCH3 is 1. The van der Waals surface area contributed by atoms with Crippen LogP contribution in [0.1, 0.15) is 29.8 Å². The molecule has 0 N–H and O–H groups in total. The van der Waals surface area contributed by atoms with Crippen LogP contribution in [-0.2, 0) is 15.7 Å². The maximum Gasteiger partial charge on any atom is 0.417 e. The van der Waals surface area contributed by atoms with Gasteiger partial charge < -0.3 is 4.74 Å². The fourth-order valence-corrected chi connectivity index (χ4v) is 1.94. The summed E-state index contributed by atoms with van der Waals surface area (Å²) in [4.78, 5) is 23.8. The van der Waals surface area contributed by atoms with Crippen LogP contribution >= 0.6 is 0 Å². The molecule has 0 fully saturated rings. The minimum absolute atomic E-state index is 0.483. The zero-order chi connectivity index (χ0) is 16.4. The second-order valence-electron chi connectivity index (χ2n) is 4.80. The van der Waals surface area contributed by atoms with Crippen LogP contribution in [0.3, 0.4) is 0 Å². The molecule has 1 aromatic rings. The largest absolute Gasteiger partial charge is 0.468 e. The van der Waals surface area contributed by atoms with Crippen LogP contribution in [0.4, 0.5) is 17.6 Å². The molecule has 1 unspecified atom stereocenters. The molecule has 1 atom stereocenters. The molecular weight excluding hydrogens is 292 g/mol. The zero-order valence-electron chi connectivity index (χ0n) is 11.6. The number of alkyl halides is 3. The normalized spacial score (nSPS) is 13.1. The number of benzene rings is 1. The van der Waals surface area contributed by atoms with E-state index >= 15 is 0 Å². The lowest BCUT2D eigenvalue weighted by Crippen LogP contribution is -2.31. The number of carbonyl (C=O) groups excluding carboxylic acids is 2. The average Bonchev–Trinajstić information content (AvgIpc) is 2.36. The molecule has 1 rings (SSSR count). The molecule has 3 nitrogen and oxygen atoms in total. The van der Waals surface area contributed by atoms with E-state index in [9.17, 15) is 27.2 Å². The molecule has 0 heterocycles. The highest BCUT2D eigenvalue weighted by molar-refractivity contribution is 6.09. The summed E-state index contributed by atoms with van der Waals surface area (Å²) >= 11 is 0. The van der Waals surface area contributed by atoms with Gasteiger partial charge in [0.25, 0.3) is 0 Å². The van der Waals surface area contributed by atoms with Crippen LogP contribution in [0.25, 0.3) is 0 Å². The Morgan fingerprint density at radius 2 is 1.76 bits per heavy atom. The van der Waals surface area contributed by atoms with Crippen LogP contribution < -0.4 is 0 Å². The van der Waals surface area contributed by atoms with Crippen molar-refractivity contribution in [2.45, 2.75) is 20.0 Å². The molecule has 0 aliphatic carbocycles. The summed E-state index contributed by atoms with van der Waals surface area (Å²) in [7, 11) is 1.03. The van der Waals surface area contributed by atoms with Gasteiger partial charge in [0, 0.05) is 5.56 Å². The number of carbonyl (C=O) groups is 2. The maximum absolute atomic E-state index is 13.2. The minimum Gasteiger partial charge on any atom is -0.468 e. The number of esters is 1. The number of hydrogen-bond acceptors (Lipinski definition) is 3. The van der Waals surface area contributed by atoms with E-state index in [4.69, 9.17) is 0 Å². The maximum atomic E-state index is 13.2. The van der Waals surface area contributed by atoms with Gasteiger partial charge in [-0.15, -0.1) is 0 Å².